The highest BCUT2D eigenvalue weighted by Gasteiger charge is 2.16. The van der Waals surface area contributed by atoms with Gasteiger partial charge in [0, 0.05) is 6.07 Å². The van der Waals surface area contributed by atoms with Gasteiger partial charge in [-0.25, -0.2) is 0 Å². The van der Waals surface area contributed by atoms with Crippen LogP contribution in [-0.2, 0) is 0 Å². The van der Waals surface area contributed by atoms with Gasteiger partial charge < -0.3 is 4.74 Å². The second-order valence-electron chi connectivity index (χ2n) is 4.14. The predicted molar refractivity (Wildman–Crippen MR) is 67.3 cm³/mol. The van der Waals surface area contributed by atoms with Gasteiger partial charge in [-0.05, 0) is 18.4 Å². The Morgan fingerprint density at radius 1 is 1.29 bits per heavy atom. The second-order valence-corrected chi connectivity index (χ2v) is 4.14. The van der Waals surface area contributed by atoms with Gasteiger partial charge in [0.2, 0.25) is 5.88 Å². The zero-order valence-corrected chi connectivity index (χ0v) is 10.8. The minimum Gasteiger partial charge on any atom is -0.480 e. The van der Waals surface area contributed by atoms with E-state index in [1.807, 2.05) is 6.07 Å². The van der Waals surface area contributed by atoms with Crippen LogP contribution in [0.1, 0.15) is 44.8 Å². The number of methoxy groups -OCH3 is 1. The summed E-state index contributed by atoms with van der Waals surface area (Å²) in [4.78, 5) is 0. The van der Waals surface area contributed by atoms with Gasteiger partial charge in [-0.2, -0.15) is 5.10 Å². The molecule has 5 heteroatoms. The van der Waals surface area contributed by atoms with E-state index in [9.17, 15) is 0 Å². The Balaban J connectivity index is 2.71. The molecule has 17 heavy (non-hydrogen) atoms. The van der Waals surface area contributed by atoms with Crippen molar-refractivity contribution >= 4 is 0 Å². The van der Waals surface area contributed by atoms with Crippen LogP contribution >= 0.6 is 0 Å². The molecule has 0 fully saturated rings. The molecule has 0 saturated carbocycles. The Kier molecular flexibility index (Phi) is 5.86. The van der Waals surface area contributed by atoms with E-state index in [0.717, 1.165) is 25.0 Å². The molecule has 0 spiro atoms. The van der Waals surface area contributed by atoms with Gasteiger partial charge in [-0.1, -0.05) is 26.7 Å². The fourth-order valence-electron chi connectivity index (χ4n) is 1.85. The number of aromatic nitrogens is 2. The molecular formula is C12H22N4O. The van der Waals surface area contributed by atoms with E-state index >= 15 is 0 Å². The standard InChI is InChI=1S/C12H22N4O/c1-4-9(5-2)8-11(14-13)10-6-7-12(17-3)16-15-10/h6-7,9,11,14H,4-5,8,13H2,1-3H3. The summed E-state index contributed by atoms with van der Waals surface area (Å²) in [5, 5.41) is 8.08. The minimum absolute atomic E-state index is 0.0540. The first-order valence-electron chi connectivity index (χ1n) is 6.08. The summed E-state index contributed by atoms with van der Waals surface area (Å²) in [5.74, 6) is 6.76. The largest absolute Gasteiger partial charge is 0.480 e. The highest BCUT2D eigenvalue weighted by atomic mass is 16.5. The molecule has 1 unspecified atom stereocenters. The highest BCUT2D eigenvalue weighted by Crippen LogP contribution is 2.23. The van der Waals surface area contributed by atoms with Gasteiger partial charge in [0.15, 0.2) is 0 Å². The molecule has 0 bridgehead atoms. The van der Waals surface area contributed by atoms with Crippen LogP contribution in [-0.4, -0.2) is 17.3 Å². The van der Waals surface area contributed by atoms with E-state index in [2.05, 4.69) is 29.5 Å². The third kappa shape index (κ3) is 3.94. The third-order valence-electron chi connectivity index (χ3n) is 3.15. The summed E-state index contributed by atoms with van der Waals surface area (Å²) in [7, 11) is 1.58. The van der Waals surface area contributed by atoms with E-state index < -0.39 is 0 Å². The molecule has 5 nitrogen and oxygen atoms in total. The van der Waals surface area contributed by atoms with Crippen LogP contribution in [0.4, 0.5) is 0 Å². The van der Waals surface area contributed by atoms with Crippen LogP contribution in [0.5, 0.6) is 5.88 Å². The molecular weight excluding hydrogens is 216 g/mol. The number of hydrogen-bond acceptors (Lipinski definition) is 5. The number of hydrazine groups is 1. The lowest BCUT2D eigenvalue weighted by Gasteiger charge is -2.20. The van der Waals surface area contributed by atoms with Gasteiger partial charge in [0.1, 0.15) is 0 Å². The van der Waals surface area contributed by atoms with Crippen LogP contribution in [0, 0.1) is 5.92 Å². The molecule has 0 radical (unpaired) electrons. The summed E-state index contributed by atoms with van der Waals surface area (Å²) >= 11 is 0. The third-order valence-corrected chi connectivity index (χ3v) is 3.15. The molecule has 1 rings (SSSR count). The molecule has 1 atom stereocenters. The summed E-state index contributed by atoms with van der Waals surface area (Å²) in [5.41, 5.74) is 3.67. The Bertz CT molecular complexity index is 311. The van der Waals surface area contributed by atoms with E-state index in [0.29, 0.717) is 11.8 Å². The number of ether oxygens (including phenoxy) is 1. The molecule has 3 N–H and O–H groups in total. The van der Waals surface area contributed by atoms with Crippen molar-refractivity contribution < 1.29 is 4.74 Å². The van der Waals surface area contributed by atoms with Crippen molar-refractivity contribution in [1.82, 2.24) is 15.6 Å². The van der Waals surface area contributed by atoms with Gasteiger partial charge in [0.25, 0.3) is 0 Å². The molecule has 1 aromatic heterocycles. The molecule has 1 aromatic rings. The molecule has 96 valence electrons. The first-order chi connectivity index (χ1) is 8.24. The highest BCUT2D eigenvalue weighted by molar-refractivity contribution is 5.14. The summed E-state index contributed by atoms with van der Waals surface area (Å²) in [6.07, 6.45) is 3.28. The number of nitrogens with zero attached hydrogens (tertiary/aromatic N) is 2. The number of nitrogens with one attached hydrogen (secondary N) is 1. The van der Waals surface area contributed by atoms with E-state index in [1.54, 1.807) is 13.2 Å². The zero-order valence-electron chi connectivity index (χ0n) is 10.8. The predicted octanol–water partition coefficient (Wildman–Crippen LogP) is 1.82. The first-order valence-corrected chi connectivity index (χ1v) is 6.08. The van der Waals surface area contributed by atoms with E-state index in [4.69, 9.17) is 10.6 Å². The van der Waals surface area contributed by atoms with Crippen molar-refractivity contribution in [3.05, 3.63) is 17.8 Å². The van der Waals surface area contributed by atoms with Crippen LogP contribution < -0.4 is 16.0 Å². The summed E-state index contributed by atoms with van der Waals surface area (Å²) in [6.45, 7) is 4.39. The maximum atomic E-state index is 5.58. The SMILES string of the molecule is CCC(CC)CC(NN)c1ccc(OC)nn1. The van der Waals surface area contributed by atoms with Gasteiger partial charge in [-0.15, -0.1) is 5.10 Å². The summed E-state index contributed by atoms with van der Waals surface area (Å²) in [6, 6.07) is 3.76. The average Bonchev–Trinajstić information content (AvgIpc) is 2.40. The van der Waals surface area contributed by atoms with Crippen LogP contribution in [0.25, 0.3) is 0 Å². The van der Waals surface area contributed by atoms with Crippen LogP contribution in [0.2, 0.25) is 0 Å². The Labute approximate surface area is 103 Å². The van der Waals surface area contributed by atoms with E-state index in [-0.39, 0.29) is 6.04 Å². The lowest BCUT2D eigenvalue weighted by molar-refractivity contribution is 0.362. The number of nitrogens with two attached hydrogens (primary N) is 1. The number of hydrogen-bond donors (Lipinski definition) is 2. The van der Waals surface area contributed by atoms with Crippen molar-refractivity contribution in [2.24, 2.45) is 11.8 Å². The molecule has 0 aliphatic rings. The Morgan fingerprint density at radius 2 is 2.00 bits per heavy atom. The molecule has 1 heterocycles. The lowest BCUT2D eigenvalue weighted by Crippen LogP contribution is -2.30. The van der Waals surface area contributed by atoms with E-state index in [1.165, 1.54) is 0 Å². The van der Waals surface area contributed by atoms with Gasteiger partial charge in [0.05, 0.1) is 18.8 Å². The quantitative estimate of drug-likeness (QED) is 0.560. The van der Waals surface area contributed by atoms with Gasteiger partial charge in [-0.3, -0.25) is 11.3 Å². The maximum absolute atomic E-state index is 5.58. The first kappa shape index (κ1) is 13.9. The average molecular weight is 238 g/mol. The molecule has 0 aliphatic carbocycles. The fourth-order valence-corrected chi connectivity index (χ4v) is 1.85. The van der Waals surface area contributed by atoms with Crippen molar-refractivity contribution in [3.63, 3.8) is 0 Å². The maximum Gasteiger partial charge on any atom is 0.233 e. The molecule has 0 aromatic carbocycles. The lowest BCUT2D eigenvalue weighted by atomic mass is 9.93. The number of rotatable bonds is 7. The molecule has 0 amide bonds. The van der Waals surface area contributed by atoms with Crippen LogP contribution in [0.3, 0.4) is 0 Å². The monoisotopic (exact) mass is 238 g/mol. The topological polar surface area (TPSA) is 73.1 Å². The van der Waals surface area contributed by atoms with Crippen LogP contribution in [0.15, 0.2) is 12.1 Å². The van der Waals surface area contributed by atoms with Crippen molar-refractivity contribution in [2.75, 3.05) is 7.11 Å². The molecule has 0 saturated heterocycles. The van der Waals surface area contributed by atoms with Crippen molar-refractivity contribution in [1.29, 1.82) is 0 Å². The zero-order chi connectivity index (χ0) is 12.7. The van der Waals surface area contributed by atoms with Gasteiger partial charge >= 0.3 is 0 Å². The molecule has 0 aliphatic heterocycles. The second kappa shape index (κ2) is 7.19. The van der Waals surface area contributed by atoms with Crippen molar-refractivity contribution in [3.8, 4) is 5.88 Å². The van der Waals surface area contributed by atoms with Crippen molar-refractivity contribution in [2.45, 2.75) is 39.2 Å². The Hall–Kier alpha value is -1.20. The smallest absolute Gasteiger partial charge is 0.233 e. The summed E-state index contributed by atoms with van der Waals surface area (Å²) < 4.78 is 4.98. The normalized spacial score (nSPS) is 12.8. The Morgan fingerprint density at radius 3 is 2.41 bits per heavy atom. The minimum atomic E-state index is 0.0540. The fraction of sp³-hybridized carbons (Fsp3) is 0.667.